The molecular formula is C13H18O2. The average Bonchev–Trinajstić information content (AvgIpc) is 2.25. The summed E-state index contributed by atoms with van der Waals surface area (Å²) in [4.78, 5) is 11.7. The van der Waals surface area contributed by atoms with Gasteiger partial charge in [0.05, 0.1) is 0 Å². The van der Waals surface area contributed by atoms with Crippen molar-refractivity contribution in [2.45, 2.75) is 26.7 Å². The van der Waals surface area contributed by atoms with Crippen molar-refractivity contribution in [2.75, 3.05) is 6.61 Å². The van der Waals surface area contributed by atoms with E-state index in [0.29, 0.717) is 12.5 Å². The molecule has 2 heteroatoms. The molecule has 0 aromatic rings. The number of esters is 1. The van der Waals surface area contributed by atoms with Crippen LogP contribution in [-0.2, 0) is 9.53 Å². The largest absolute Gasteiger partial charge is 0.458 e. The Bertz CT molecular complexity index is 325. The summed E-state index contributed by atoms with van der Waals surface area (Å²) in [5, 5.41) is 0. The van der Waals surface area contributed by atoms with Crippen LogP contribution in [0.25, 0.3) is 0 Å². The number of allylic oxidation sites excluding steroid dienone is 1. The third kappa shape index (κ3) is 1.52. The predicted molar refractivity (Wildman–Crippen MR) is 59.2 cm³/mol. The van der Waals surface area contributed by atoms with Gasteiger partial charge in [0, 0.05) is 5.57 Å². The second-order valence-electron chi connectivity index (χ2n) is 5.09. The molecule has 0 heterocycles. The Balaban J connectivity index is 2.07. The fourth-order valence-corrected chi connectivity index (χ4v) is 2.80. The zero-order valence-corrected chi connectivity index (χ0v) is 9.45. The van der Waals surface area contributed by atoms with E-state index in [2.05, 4.69) is 26.5 Å². The number of rotatable bonds is 3. The molecule has 1 saturated carbocycles. The first-order valence-corrected chi connectivity index (χ1v) is 5.55. The first-order chi connectivity index (χ1) is 7.07. The molecule has 15 heavy (non-hydrogen) atoms. The van der Waals surface area contributed by atoms with E-state index in [1.807, 2.05) is 0 Å². The molecule has 82 valence electrons. The van der Waals surface area contributed by atoms with E-state index in [0.717, 1.165) is 24.3 Å². The Morgan fingerprint density at radius 1 is 1.73 bits per heavy atom. The smallest absolute Gasteiger partial charge is 0.334 e. The average molecular weight is 206 g/mol. The van der Waals surface area contributed by atoms with Gasteiger partial charge in [0.2, 0.25) is 0 Å². The summed E-state index contributed by atoms with van der Waals surface area (Å²) in [6.45, 7) is 8.35. The van der Waals surface area contributed by atoms with Crippen molar-refractivity contribution in [3.63, 3.8) is 0 Å². The van der Waals surface area contributed by atoms with Gasteiger partial charge in [0.1, 0.15) is 6.61 Å². The maximum absolute atomic E-state index is 11.7. The van der Waals surface area contributed by atoms with Gasteiger partial charge in [-0.1, -0.05) is 32.6 Å². The molecule has 0 aromatic heterocycles. The summed E-state index contributed by atoms with van der Waals surface area (Å²) in [6, 6.07) is 0. The number of carbonyl (C=O) groups excluding carboxylic acids is 1. The number of hydrogen-bond acceptors (Lipinski definition) is 2. The van der Waals surface area contributed by atoms with Crippen LogP contribution in [0.3, 0.4) is 0 Å². The number of carbonyl (C=O) groups is 1. The molecule has 3 aliphatic rings. The van der Waals surface area contributed by atoms with Crippen LogP contribution < -0.4 is 0 Å². The lowest BCUT2D eigenvalue weighted by Gasteiger charge is -2.55. The zero-order valence-electron chi connectivity index (χ0n) is 9.45. The molecule has 3 rings (SSSR count). The molecule has 0 aliphatic heterocycles. The lowest BCUT2D eigenvalue weighted by molar-refractivity contribution is -0.141. The number of hydrogen-bond donors (Lipinski definition) is 0. The minimum atomic E-state index is -0.147. The van der Waals surface area contributed by atoms with Crippen LogP contribution in [0, 0.1) is 17.3 Å². The quantitative estimate of drug-likeness (QED) is 0.524. The minimum Gasteiger partial charge on any atom is -0.458 e. The van der Waals surface area contributed by atoms with Crippen molar-refractivity contribution in [1.82, 2.24) is 0 Å². The van der Waals surface area contributed by atoms with Crippen molar-refractivity contribution < 1.29 is 9.53 Å². The minimum absolute atomic E-state index is 0.147. The van der Waals surface area contributed by atoms with E-state index < -0.39 is 0 Å². The molecule has 2 bridgehead atoms. The molecular weight excluding hydrogens is 188 g/mol. The predicted octanol–water partition coefficient (Wildman–Crippen LogP) is 2.71. The van der Waals surface area contributed by atoms with Gasteiger partial charge >= 0.3 is 5.97 Å². The summed E-state index contributed by atoms with van der Waals surface area (Å²) >= 11 is 0. The molecule has 0 aromatic carbocycles. The van der Waals surface area contributed by atoms with E-state index in [1.165, 1.54) is 0 Å². The van der Waals surface area contributed by atoms with Crippen molar-refractivity contribution in [1.29, 1.82) is 0 Å². The second kappa shape index (κ2) is 3.51. The Hall–Kier alpha value is -1.05. The number of ether oxygens (including phenoxy) is 1. The van der Waals surface area contributed by atoms with Gasteiger partial charge in [-0.2, -0.15) is 0 Å². The molecule has 2 atom stereocenters. The first kappa shape index (κ1) is 10.5. The third-order valence-corrected chi connectivity index (χ3v) is 4.04. The molecule has 1 unspecified atom stereocenters. The Labute approximate surface area is 91.0 Å². The zero-order chi connectivity index (χ0) is 11.1. The lowest BCUT2D eigenvalue weighted by Crippen LogP contribution is -2.49. The first-order valence-electron chi connectivity index (χ1n) is 5.55. The number of fused-ring (bicyclic) bond motifs is 1. The van der Waals surface area contributed by atoms with E-state index in [9.17, 15) is 4.79 Å². The van der Waals surface area contributed by atoms with E-state index >= 15 is 0 Å². The molecule has 0 amide bonds. The summed E-state index contributed by atoms with van der Waals surface area (Å²) in [5.74, 6) is 1.03. The van der Waals surface area contributed by atoms with Crippen LogP contribution in [0.1, 0.15) is 26.7 Å². The van der Waals surface area contributed by atoms with Gasteiger partial charge in [-0.25, -0.2) is 4.79 Å². The Kier molecular flexibility index (Phi) is 2.45. The van der Waals surface area contributed by atoms with Gasteiger partial charge < -0.3 is 4.74 Å². The second-order valence-corrected chi connectivity index (χ2v) is 5.09. The monoisotopic (exact) mass is 206 g/mol. The van der Waals surface area contributed by atoms with Crippen LogP contribution in [-0.4, -0.2) is 12.6 Å². The third-order valence-electron chi connectivity index (χ3n) is 4.04. The SMILES string of the molecule is C=CCOC(=O)C1=CC[C@@H]2CC1C2(C)C. The van der Waals surface area contributed by atoms with Gasteiger partial charge in [0.15, 0.2) is 0 Å². The fourth-order valence-electron chi connectivity index (χ4n) is 2.80. The molecule has 0 N–H and O–H groups in total. The highest BCUT2D eigenvalue weighted by molar-refractivity contribution is 5.90. The van der Waals surface area contributed by atoms with Gasteiger partial charge in [-0.05, 0) is 30.1 Å². The van der Waals surface area contributed by atoms with Crippen molar-refractivity contribution in [3.05, 3.63) is 24.3 Å². The molecule has 0 radical (unpaired) electrons. The maximum atomic E-state index is 11.7. The van der Waals surface area contributed by atoms with Crippen LogP contribution in [0.5, 0.6) is 0 Å². The normalized spacial score (nSPS) is 31.2. The lowest BCUT2D eigenvalue weighted by atomic mass is 9.49. The van der Waals surface area contributed by atoms with Crippen LogP contribution in [0.15, 0.2) is 24.3 Å². The molecule has 0 saturated heterocycles. The maximum Gasteiger partial charge on any atom is 0.334 e. The van der Waals surface area contributed by atoms with Crippen molar-refractivity contribution in [2.24, 2.45) is 17.3 Å². The Morgan fingerprint density at radius 3 is 3.00 bits per heavy atom. The summed E-state index contributed by atoms with van der Waals surface area (Å²) in [7, 11) is 0. The van der Waals surface area contributed by atoms with Crippen molar-refractivity contribution >= 4 is 5.97 Å². The summed E-state index contributed by atoms with van der Waals surface area (Å²) in [5.41, 5.74) is 1.18. The van der Waals surface area contributed by atoms with Gasteiger partial charge in [-0.15, -0.1) is 0 Å². The fraction of sp³-hybridized carbons (Fsp3) is 0.615. The summed E-state index contributed by atoms with van der Waals surface area (Å²) < 4.78 is 5.09. The van der Waals surface area contributed by atoms with Gasteiger partial charge in [0.25, 0.3) is 0 Å². The standard InChI is InChI=1S/C13H18O2/c1-4-7-15-12(14)10-6-5-9-8-11(10)13(9,2)3/h4,6,9,11H,1,5,7-8H2,2-3H3/t9-,11?/m1/s1. The van der Waals surface area contributed by atoms with Crippen LogP contribution >= 0.6 is 0 Å². The highest BCUT2D eigenvalue weighted by Crippen LogP contribution is 2.59. The van der Waals surface area contributed by atoms with E-state index in [-0.39, 0.29) is 11.4 Å². The Morgan fingerprint density at radius 2 is 2.47 bits per heavy atom. The van der Waals surface area contributed by atoms with Crippen LogP contribution in [0.4, 0.5) is 0 Å². The van der Waals surface area contributed by atoms with E-state index in [4.69, 9.17) is 4.74 Å². The molecule has 2 nitrogen and oxygen atoms in total. The molecule has 3 aliphatic carbocycles. The molecule has 0 spiro atoms. The highest BCUT2D eigenvalue weighted by Gasteiger charge is 2.52. The van der Waals surface area contributed by atoms with Gasteiger partial charge in [-0.3, -0.25) is 0 Å². The van der Waals surface area contributed by atoms with E-state index in [1.54, 1.807) is 6.08 Å². The topological polar surface area (TPSA) is 26.3 Å². The molecule has 1 fully saturated rings. The summed E-state index contributed by atoms with van der Waals surface area (Å²) in [6.07, 6.45) is 5.86. The van der Waals surface area contributed by atoms with Crippen molar-refractivity contribution in [3.8, 4) is 0 Å². The highest BCUT2D eigenvalue weighted by atomic mass is 16.5. The van der Waals surface area contributed by atoms with Crippen LogP contribution in [0.2, 0.25) is 0 Å².